The highest BCUT2D eigenvalue weighted by Gasteiger charge is 2.30. The van der Waals surface area contributed by atoms with Crippen LogP contribution in [0.25, 0.3) is 0 Å². The molecule has 4 nitrogen and oxygen atoms in total. The molecule has 10 heavy (non-hydrogen) atoms. The SMILES string of the molecule is C[C@H](O)[C@@H]1NC(=S)NC1=O. The van der Waals surface area contributed by atoms with Crippen molar-refractivity contribution < 1.29 is 9.90 Å². The highest BCUT2D eigenvalue weighted by molar-refractivity contribution is 7.80. The predicted octanol–water partition coefficient (Wildman–Crippen LogP) is -1.26. The third kappa shape index (κ3) is 1.25. The fraction of sp³-hybridized carbons (Fsp3) is 0.600. The van der Waals surface area contributed by atoms with Gasteiger partial charge in [0.2, 0.25) is 0 Å². The summed E-state index contributed by atoms with van der Waals surface area (Å²) < 4.78 is 0. The minimum Gasteiger partial charge on any atom is -0.391 e. The number of nitrogens with one attached hydrogen (secondary N) is 2. The first-order valence-electron chi connectivity index (χ1n) is 2.90. The van der Waals surface area contributed by atoms with Crippen LogP contribution in [0.5, 0.6) is 0 Å². The summed E-state index contributed by atoms with van der Waals surface area (Å²) in [7, 11) is 0. The van der Waals surface area contributed by atoms with Crippen molar-refractivity contribution in [2.75, 3.05) is 0 Å². The molecule has 0 saturated carbocycles. The summed E-state index contributed by atoms with van der Waals surface area (Å²) in [5.41, 5.74) is 0. The Morgan fingerprint density at radius 3 is 2.60 bits per heavy atom. The molecule has 3 N–H and O–H groups in total. The van der Waals surface area contributed by atoms with Gasteiger partial charge in [-0.25, -0.2) is 0 Å². The van der Waals surface area contributed by atoms with Crippen LogP contribution in [-0.2, 0) is 4.79 Å². The highest BCUT2D eigenvalue weighted by Crippen LogP contribution is 1.98. The molecule has 1 heterocycles. The standard InChI is InChI=1S/C5H8N2O2S/c1-2(8)3-4(9)7-5(10)6-3/h2-3,8H,1H3,(H2,6,7,9,10)/t2-,3-/m0/s1. The number of aliphatic hydroxyl groups excluding tert-OH is 1. The van der Waals surface area contributed by atoms with E-state index >= 15 is 0 Å². The molecular formula is C5H8N2O2S. The third-order valence-electron chi connectivity index (χ3n) is 1.29. The van der Waals surface area contributed by atoms with Gasteiger partial charge in [0.1, 0.15) is 6.04 Å². The molecule has 1 aliphatic rings. The van der Waals surface area contributed by atoms with Gasteiger partial charge in [-0.15, -0.1) is 0 Å². The van der Waals surface area contributed by atoms with E-state index in [0.717, 1.165) is 0 Å². The fourth-order valence-corrected chi connectivity index (χ4v) is 1.000. The molecule has 0 aliphatic carbocycles. The lowest BCUT2D eigenvalue weighted by molar-refractivity contribution is -0.122. The Bertz CT molecular complexity index is 180. The van der Waals surface area contributed by atoms with Gasteiger partial charge >= 0.3 is 0 Å². The molecule has 1 saturated heterocycles. The van der Waals surface area contributed by atoms with Crippen LogP contribution in [-0.4, -0.2) is 28.3 Å². The van der Waals surface area contributed by atoms with E-state index in [-0.39, 0.29) is 11.0 Å². The van der Waals surface area contributed by atoms with Gasteiger partial charge in [-0.2, -0.15) is 0 Å². The molecule has 0 aromatic rings. The summed E-state index contributed by atoms with van der Waals surface area (Å²) in [6.45, 7) is 1.53. The quantitative estimate of drug-likeness (QED) is 0.419. The molecule has 0 radical (unpaired) electrons. The normalized spacial score (nSPS) is 27.6. The number of hydrogen-bond acceptors (Lipinski definition) is 3. The maximum Gasteiger partial charge on any atom is 0.251 e. The van der Waals surface area contributed by atoms with Gasteiger partial charge in [-0.3, -0.25) is 4.79 Å². The van der Waals surface area contributed by atoms with Crippen LogP contribution in [0, 0.1) is 0 Å². The number of carbonyl (C=O) groups is 1. The minimum atomic E-state index is -0.708. The zero-order chi connectivity index (χ0) is 7.72. The van der Waals surface area contributed by atoms with Gasteiger partial charge in [0.25, 0.3) is 5.91 Å². The molecule has 2 atom stereocenters. The average Bonchev–Trinajstić information content (AvgIpc) is 2.10. The maximum atomic E-state index is 10.8. The third-order valence-corrected chi connectivity index (χ3v) is 1.51. The van der Waals surface area contributed by atoms with Gasteiger partial charge in [-0.1, -0.05) is 0 Å². The van der Waals surface area contributed by atoms with Gasteiger partial charge in [0.15, 0.2) is 5.11 Å². The lowest BCUT2D eigenvalue weighted by atomic mass is 10.2. The molecule has 56 valence electrons. The van der Waals surface area contributed by atoms with Crippen molar-refractivity contribution in [1.29, 1.82) is 0 Å². The first-order chi connectivity index (χ1) is 4.61. The van der Waals surface area contributed by atoms with Crippen molar-refractivity contribution in [3.05, 3.63) is 0 Å². The molecule has 1 rings (SSSR count). The second-order valence-corrected chi connectivity index (χ2v) is 2.59. The van der Waals surface area contributed by atoms with E-state index in [2.05, 4.69) is 22.9 Å². The summed E-state index contributed by atoms with van der Waals surface area (Å²) in [5.74, 6) is -0.264. The smallest absolute Gasteiger partial charge is 0.251 e. The summed E-state index contributed by atoms with van der Waals surface area (Å²) in [6.07, 6.45) is -0.708. The Balaban J connectivity index is 2.63. The summed E-state index contributed by atoms with van der Waals surface area (Å²) in [6, 6.07) is -0.576. The first kappa shape index (κ1) is 7.43. The number of rotatable bonds is 1. The maximum absolute atomic E-state index is 10.8. The largest absolute Gasteiger partial charge is 0.391 e. The number of aliphatic hydroxyl groups is 1. The van der Waals surface area contributed by atoms with Crippen molar-refractivity contribution in [3.63, 3.8) is 0 Å². The number of amides is 1. The van der Waals surface area contributed by atoms with E-state index in [4.69, 9.17) is 5.11 Å². The number of thiocarbonyl (C=S) groups is 1. The Labute approximate surface area is 63.6 Å². The molecule has 5 heteroatoms. The van der Waals surface area contributed by atoms with Crippen LogP contribution in [0.3, 0.4) is 0 Å². The van der Waals surface area contributed by atoms with Crippen molar-refractivity contribution in [2.24, 2.45) is 0 Å². The van der Waals surface area contributed by atoms with Crippen LogP contribution in [0.4, 0.5) is 0 Å². The first-order valence-corrected chi connectivity index (χ1v) is 3.31. The van der Waals surface area contributed by atoms with E-state index < -0.39 is 12.1 Å². The van der Waals surface area contributed by atoms with E-state index in [1.807, 2.05) is 0 Å². The highest BCUT2D eigenvalue weighted by atomic mass is 32.1. The van der Waals surface area contributed by atoms with Crippen molar-refractivity contribution in [2.45, 2.75) is 19.1 Å². The molecule has 0 bridgehead atoms. The molecular weight excluding hydrogens is 152 g/mol. The number of hydrogen-bond donors (Lipinski definition) is 3. The Morgan fingerprint density at radius 1 is 1.80 bits per heavy atom. The average molecular weight is 160 g/mol. The Hall–Kier alpha value is -0.680. The van der Waals surface area contributed by atoms with Crippen molar-refractivity contribution in [3.8, 4) is 0 Å². The zero-order valence-electron chi connectivity index (χ0n) is 5.42. The zero-order valence-corrected chi connectivity index (χ0v) is 6.23. The van der Waals surface area contributed by atoms with E-state index in [9.17, 15) is 4.79 Å². The Kier molecular flexibility index (Phi) is 1.87. The van der Waals surface area contributed by atoms with Gasteiger partial charge in [0, 0.05) is 0 Å². The predicted molar refractivity (Wildman–Crippen MR) is 39.3 cm³/mol. The van der Waals surface area contributed by atoms with Crippen LogP contribution in [0.15, 0.2) is 0 Å². The molecule has 0 unspecified atom stereocenters. The van der Waals surface area contributed by atoms with Crippen molar-refractivity contribution in [1.82, 2.24) is 10.6 Å². The Morgan fingerprint density at radius 2 is 2.40 bits per heavy atom. The van der Waals surface area contributed by atoms with Crippen LogP contribution in [0.1, 0.15) is 6.92 Å². The summed E-state index contributed by atoms with van der Waals surface area (Å²) in [5, 5.41) is 14.2. The number of carbonyl (C=O) groups excluding carboxylic acids is 1. The monoisotopic (exact) mass is 160 g/mol. The van der Waals surface area contributed by atoms with Crippen LogP contribution in [0.2, 0.25) is 0 Å². The lowest BCUT2D eigenvalue weighted by Crippen LogP contribution is -2.38. The van der Waals surface area contributed by atoms with E-state index in [1.54, 1.807) is 0 Å². The van der Waals surface area contributed by atoms with E-state index in [0.29, 0.717) is 0 Å². The molecule has 0 aromatic carbocycles. The fourth-order valence-electron chi connectivity index (χ4n) is 0.772. The molecule has 1 fully saturated rings. The van der Waals surface area contributed by atoms with Gasteiger partial charge < -0.3 is 15.7 Å². The molecule has 1 amide bonds. The second-order valence-electron chi connectivity index (χ2n) is 2.18. The molecule has 1 aliphatic heterocycles. The molecule has 0 aromatic heterocycles. The van der Waals surface area contributed by atoms with E-state index in [1.165, 1.54) is 6.92 Å². The van der Waals surface area contributed by atoms with Gasteiger partial charge in [-0.05, 0) is 19.1 Å². The van der Waals surface area contributed by atoms with Crippen LogP contribution < -0.4 is 10.6 Å². The second kappa shape index (κ2) is 2.51. The van der Waals surface area contributed by atoms with Crippen LogP contribution >= 0.6 is 12.2 Å². The lowest BCUT2D eigenvalue weighted by Gasteiger charge is -2.09. The van der Waals surface area contributed by atoms with Crippen molar-refractivity contribution >= 4 is 23.2 Å². The topological polar surface area (TPSA) is 61.4 Å². The molecule has 0 spiro atoms. The van der Waals surface area contributed by atoms with Gasteiger partial charge in [0.05, 0.1) is 6.10 Å². The summed E-state index contributed by atoms with van der Waals surface area (Å²) in [4.78, 5) is 10.8. The minimum absolute atomic E-state index is 0.264. The summed E-state index contributed by atoms with van der Waals surface area (Å²) >= 11 is 4.64.